The van der Waals surface area contributed by atoms with Gasteiger partial charge in [-0.2, -0.15) is 11.8 Å². The Balaban J connectivity index is 1.72. The van der Waals surface area contributed by atoms with Gasteiger partial charge in [0.05, 0.1) is 5.57 Å². The van der Waals surface area contributed by atoms with Gasteiger partial charge in [0.15, 0.2) is 5.78 Å². The zero-order valence-electron chi connectivity index (χ0n) is 18.9. The zero-order valence-corrected chi connectivity index (χ0v) is 19.7. The Bertz CT molecular complexity index is 1110. The molecule has 0 unspecified atom stereocenters. The van der Waals surface area contributed by atoms with E-state index in [9.17, 15) is 14.0 Å². The number of hydrogen-bond acceptors (Lipinski definition) is 5. The topological polar surface area (TPSA) is 55.4 Å². The number of thioether (sulfide) groups is 1. The van der Waals surface area contributed by atoms with Crippen LogP contribution >= 0.6 is 11.8 Å². The molecular formula is C27H28FNO3S. The van der Waals surface area contributed by atoms with Gasteiger partial charge in [0.1, 0.15) is 12.4 Å². The summed E-state index contributed by atoms with van der Waals surface area (Å²) in [4.78, 5) is 26.6. The molecule has 1 aliphatic heterocycles. The molecular weight excluding hydrogens is 437 g/mol. The lowest BCUT2D eigenvalue weighted by Gasteiger charge is -2.36. The molecule has 0 fully saturated rings. The maximum absolute atomic E-state index is 14.2. The van der Waals surface area contributed by atoms with Crippen molar-refractivity contribution in [3.8, 4) is 0 Å². The van der Waals surface area contributed by atoms with E-state index in [1.54, 1.807) is 23.9 Å². The summed E-state index contributed by atoms with van der Waals surface area (Å²) in [7, 11) is 0. The van der Waals surface area contributed by atoms with Gasteiger partial charge in [0.2, 0.25) is 0 Å². The van der Waals surface area contributed by atoms with Crippen molar-refractivity contribution in [2.75, 3.05) is 18.1 Å². The standard InChI is InChI=1S/C27H28FNO3S/c1-3-33-13-12-32-27(31)24-17(2)29-22-15-20(18-8-5-4-6-9-18)16-23(30)26(22)25(24)19-10-7-11-21(28)14-19/h4-11,14,20,25,29H,3,12-13,15-16H2,1-2H3/t20-,25+/m1/s1. The van der Waals surface area contributed by atoms with Crippen LogP contribution in [-0.4, -0.2) is 29.9 Å². The first-order chi connectivity index (χ1) is 16.0. The first-order valence-electron chi connectivity index (χ1n) is 11.3. The predicted molar refractivity (Wildman–Crippen MR) is 129 cm³/mol. The molecule has 0 saturated heterocycles. The Morgan fingerprint density at radius 1 is 1.12 bits per heavy atom. The van der Waals surface area contributed by atoms with Gasteiger partial charge in [-0.15, -0.1) is 0 Å². The van der Waals surface area contributed by atoms with Gasteiger partial charge in [0.25, 0.3) is 0 Å². The molecule has 0 amide bonds. The lowest BCUT2D eigenvalue weighted by Crippen LogP contribution is -2.36. The number of ketones is 1. The summed E-state index contributed by atoms with van der Waals surface area (Å²) in [5, 5.41) is 3.33. The van der Waals surface area contributed by atoms with Crippen LogP contribution in [0.2, 0.25) is 0 Å². The van der Waals surface area contributed by atoms with E-state index in [0.29, 0.717) is 47.6 Å². The molecule has 1 aliphatic carbocycles. The number of nitrogens with one attached hydrogen (secondary N) is 1. The van der Waals surface area contributed by atoms with Crippen LogP contribution in [-0.2, 0) is 14.3 Å². The van der Waals surface area contributed by atoms with Crippen molar-refractivity contribution in [1.29, 1.82) is 0 Å². The number of hydrogen-bond donors (Lipinski definition) is 1. The molecule has 0 aromatic heterocycles. The average molecular weight is 466 g/mol. The van der Waals surface area contributed by atoms with Crippen molar-refractivity contribution in [1.82, 2.24) is 5.32 Å². The number of ether oxygens (including phenoxy) is 1. The SMILES string of the molecule is CCSCCOC(=O)C1=C(C)NC2=C(C(=O)C[C@H](c3ccccc3)C2)[C@H]1c1cccc(F)c1. The van der Waals surface area contributed by atoms with Gasteiger partial charge in [-0.05, 0) is 48.3 Å². The summed E-state index contributed by atoms with van der Waals surface area (Å²) in [5.74, 6) is 0.182. The third-order valence-corrected chi connectivity index (χ3v) is 7.03. The summed E-state index contributed by atoms with van der Waals surface area (Å²) < 4.78 is 19.7. The smallest absolute Gasteiger partial charge is 0.336 e. The Hall–Kier alpha value is -2.86. The summed E-state index contributed by atoms with van der Waals surface area (Å²) >= 11 is 1.69. The van der Waals surface area contributed by atoms with E-state index >= 15 is 0 Å². The van der Waals surface area contributed by atoms with Gasteiger partial charge in [-0.1, -0.05) is 49.4 Å². The number of benzene rings is 2. The fourth-order valence-corrected chi connectivity index (χ4v) is 5.20. The van der Waals surface area contributed by atoms with Crippen molar-refractivity contribution in [3.05, 3.63) is 94.1 Å². The fraction of sp³-hybridized carbons (Fsp3) is 0.333. The van der Waals surface area contributed by atoms with Crippen molar-refractivity contribution in [2.45, 2.75) is 38.5 Å². The van der Waals surface area contributed by atoms with Crippen LogP contribution in [0.5, 0.6) is 0 Å². The first-order valence-corrected chi connectivity index (χ1v) is 12.4. The normalized spacial score (nSPS) is 20.4. The number of Topliss-reactive ketones (excluding diaryl/α,β-unsaturated/α-hetero) is 1. The van der Waals surface area contributed by atoms with Gasteiger partial charge < -0.3 is 10.1 Å². The average Bonchev–Trinajstić information content (AvgIpc) is 2.81. The molecule has 4 rings (SSSR count). The molecule has 4 nitrogen and oxygen atoms in total. The maximum Gasteiger partial charge on any atom is 0.336 e. The van der Waals surface area contributed by atoms with Gasteiger partial charge in [0, 0.05) is 35.1 Å². The molecule has 0 radical (unpaired) electrons. The second-order valence-corrected chi connectivity index (χ2v) is 9.71. The molecule has 2 aromatic carbocycles. The molecule has 2 atom stereocenters. The molecule has 6 heteroatoms. The fourth-order valence-electron chi connectivity index (χ4n) is 4.71. The van der Waals surface area contributed by atoms with Crippen molar-refractivity contribution >= 4 is 23.5 Å². The summed E-state index contributed by atoms with van der Waals surface area (Å²) in [6.07, 6.45) is 1.01. The van der Waals surface area contributed by atoms with E-state index in [-0.39, 0.29) is 11.7 Å². The summed E-state index contributed by atoms with van der Waals surface area (Å²) in [5.41, 5.74) is 4.09. The Labute approximate surface area is 198 Å². The molecule has 2 aliphatic rings. The Morgan fingerprint density at radius 3 is 2.61 bits per heavy atom. The van der Waals surface area contributed by atoms with Crippen LogP contribution in [0.1, 0.15) is 49.7 Å². The predicted octanol–water partition coefficient (Wildman–Crippen LogP) is 5.48. The number of allylic oxidation sites excluding steroid dienone is 3. The molecule has 0 spiro atoms. The van der Waals surface area contributed by atoms with E-state index < -0.39 is 17.7 Å². The van der Waals surface area contributed by atoms with Gasteiger partial charge >= 0.3 is 5.97 Å². The highest BCUT2D eigenvalue weighted by Crippen LogP contribution is 2.45. The van der Waals surface area contributed by atoms with Crippen LogP contribution in [0.4, 0.5) is 4.39 Å². The minimum atomic E-state index is -0.646. The van der Waals surface area contributed by atoms with E-state index in [1.165, 1.54) is 12.1 Å². The van der Waals surface area contributed by atoms with Gasteiger partial charge in [-0.3, -0.25) is 4.79 Å². The summed E-state index contributed by atoms with van der Waals surface area (Å²) in [6.45, 7) is 4.17. The maximum atomic E-state index is 14.2. The number of halogens is 1. The molecule has 172 valence electrons. The number of rotatable bonds is 7. The first kappa shape index (κ1) is 23.3. The highest BCUT2D eigenvalue weighted by Gasteiger charge is 2.41. The minimum Gasteiger partial charge on any atom is -0.461 e. The minimum absolute atomic E-state index is 0.0220. The second-order valence-electron chi connectivity index (χ2n) is 8.32. The molecule has 2 aromatic rings. The van der Waals surface area contributed by atoms with E-state index in [2.05, 4.69) is 12.2 Å². The lowest BCUT2D eigenvalue weighted by atomic mass is 9.72. The number of esters is 1. The van der Waals surface area contributed by atoms with E-state index in [4.69, 9.17) is 4.74 Å². The third-order valence-electron chi connectivity index (χ3n) is 6.17. The Kier molecular flexibility index (Phi) is 7.33. The largest absolute Gasteiger partial charge is 0.461 e. The van der Waals surface area contributed by atoms with E-state index in [0.717, 1.165) is 17.0 Å². The Morgan fingerprint density at radius 2 is 1.88 bits per heavy atom. The third kappa shape index (κ3) is 5.06. The van der Waals surface area contributed by atoms with Crippen LogP contribution in [0, 0.1) is 5.82 Å². The van der Waals surface area contributed by atoms with Crippen molar-refractivity contribution in [2.24, 2.45) is 0 Å². The van der Waals surface area contributed by atoms with Crippen molar-refractivity contribution in [3.63, 3.8) is 0 Å². The molecule has 1 heterocycles. The van der Waals surface area contributed by atoms with Gasteiger partial charge in [-0.25, -0.2) is 9.18 Å². The molecule has 33 heavy (non-hydrogen) atoms. The summed E-state index contributed by atoms with van der Waals surface area (Å²) in [6, 6.07) is 16.1. The van der Waals surface area contributed by atoms with Crippen molar-refractivity contribution < 1.29 is 18.7 Å². The lowest BCUT2D eigenvalue weighted by molar-refractivity contribution is -0.138. The van der Waals surface area contributed by atoms with Crippen LogP contribution < -0.4 is 5.32 Å². The molecule has 1 N–H and O–H groups in total. The van der Waals surface area contributed by atoms with Crippen LogP contribution in [0.25, 0.3) is 0 Å². The van der Waals surface area contributed by atoms with Crippen LogP contribution in [0.3, 0.4) is 0 Å². The monoisotopic (exact) mass is 465 g/mol. The quantitative estimate of drug-likeness (QED) is 0.433. The number of carbonyl (C=O) groups is 2. The zero-order chi connectivity index (χ0) is 23.4. The van der Waals surface area contributed by atoms with E-state index in [1.807, 2.05) is 37.3 Å². The second kappa shape index (κ2) is 10.4. The number of carbonyl (C=O) groups excluding carboxylic acids is 2. The number of dihydropyridines is 1. The molecule has 0 bridgehead atoms. The highest BCUT2D eigenvalue weighted by atomic mass is 32.2. The van der Waals surface area contributed by atoms with Crippen LogP contribution in [0.15, 0.2) is 77.1 Å². The molecule has 0 saturated carbocycles. The highest BCUT2D eigenvalue weighted by molar-refractivity contribution is 7.99.